The number of benzene rings is 2. The maximum absolute atomic E-state index is 13.1. The van der Waals surface area contributed by atoms with E-state index >= 15 is 0 Å². The smallest absolute Gasteiger partial charge is 0.253 e. The summed E-state index contributed by atoms with van der Waals surface area (Å²) < 4.78 is 10.6. The highest BCUT2D eigenvalue weighted by Crippen LogP contribution is 2.16. The second-order valence-electron chi connectivity index (χ2n) is 8.29. The first-order chi connectivity index (χ1) is 15.6. The lowest BCUT2D eigenvalue weighted by molar-refractivity contribution is -0.131. The van der Waals surface area contributed by atoms with Gasteiger partial charge in [-0.05, 0) is 35.4 Å². The Kier molecular flexibility index (Phi) is 7.39. The second kappa shape index (κ2) is 10.6. The third kappa shape index (κ3) is 5.66. The molecule has 2 fully saturated rings. The van der Waals surface area contributed by atoms with Gasteiger partial charge in [-0.25, -0.2) is 0 Å². The fraction of sp³-hybridized carbons (Fsp3) is 0.440. The second-order valence-corrected chi connectivity index (χ2v) is 8.29. The molecule has 4 rings (SSSR count). The van der Waals surface area contributed by atoms with Crippen molar-refractivity contribution < 1.29 is 19.1 Å². The molecule has 0 atom stereocenters. The Morgan fingerprint density at radius 2 is 1.56 bits per heavy atom. The number of carbonyl (C=O) groups excluding carboxylic acids is 2. The van der Waals surface area contributed by atoms with E-state index in [-0.39, 0.29) is 11.8 Å². The van der Waals surface area contributed by atoms with E-state index in [4.69, 9.17) is 9.47 Å². The van der Waals surface area contributed by atoms with Crippen LogP contribution in [0.4, 0.5) is 0 Å². The van der Waals surface area contributed by atoms with Crippen molar-refractivity contribution in [2.24, 2.45) is 0 Å². The van der Waals surface area contributed by atoms with E-state index in [1.54, 1.807) is 7.11 Å². The first-order valence-corrected chi connectivity index (χ1v) is 11.2. The van der Waals surface area contributed by atoms with E-state index in [9.17, 15) is 9.59 Å². The molecule has 7 heteroatoms. The molecule has 2 aliphatic heterocycles. The molecule has 0 bridgehead atoms. The quantitative estimate of drug-likeness (QED) is 0.692. The van der Waals surface area contributed by atoms with Crippen LogP contribution in [-0.4, -0.2) is 86.1 Å². The van der Waals surface area contributed by atoms with Gasteiger partial charge in [0.05, 0.1) is 26.7 Å². The number of rotatable bonds is 6. The number of hydrogen-bond acceptors (Lipinski definition) is 5. The molecule has 2 saturated heterocycles. The third-order valence-corrected chi connectivity index (χ3v) is 6.09. The molecule has 0 radical (unpaired) electrons. The predicted molar refractivity (Wildman–Crippen MR) is 122 cm³/mol. The molecule has 0 aliphatic carbocycles. The van der Waals surface area contributed by atoms with Gasteiger partial charge in [-0.15, -0.1) is 0 Å². The van der Waals surface area contributed by atoms with Crippen molar-refractivity contribution in [3.8, 4) is 5.75 Å². The van der Waals surface area contributed by atoms with Gasteiger partial charge in [0.25, 0.3) is 5.91 Å². The van der Waals surface area contributed by atoms with Gasteiger partial charge in [0.1, 0.15) is 5.75 Å². The van der Waals surface area contributed by atoms with Crippen LogP contribution in [-0.2, 0) is 22.5 Å². The lowest BCUT2D eigenvalue weighted by atomic mass is 10.1. The zero-order valence-electron chi connectivity index (χ0n) is 18.7. The largest absolute Gasteiger partial charge is 0.497 e. The van der Waals surface area contributed by atoms with Crippen molar-refractivity contribution in [1.82, 2.24) is 14.7 Å². The topological polar surface area (TPSA) is 62.3 Å². The molecular formula is C25H31N3O4. The number of piperazine rings is 1. The molecule has 2 aliphatic rings. The Morgan fingerprint density at radius 1 is 0.875 bits per heavy atom. The molecule has 170 valence electrons. The summed E-state index contributed by atoms with van der Waals surface area (Å²) in [6.45, 7) is 6.42. The minimum Gasteiger partial charge on any atom is -0.497 e. The Labute approximate surface area is 189 Å². The number of nitrogens with zero attached hydrogens (tertiary/aromatic N) is 3. The maximum atomic E-state index is 13.1. The van der Waals surface area contributed by atoms with Crippen LogP contribution in [0.15, 0.2) is 48.5 Å². The van der Waals surface area contributed by atoms with Gasteiger partial charge in [-0.2, -0.15) is 0 Å². The van der Waals surface area contributed by atoms with E-state index < -0.39 is 0 Å². The summed E-state index contributed by atoms with van der Waals surface area (Å²) in [4.78, 5) is 31.8. The van der Waals surface area contributed by atoms with Crippen LogP contribution in [0, 0.1) is 0 Å². The van der Waals surface area contributed by atoms with Crippen LogP contribution in [0.5, 0.6) is 5.75 Å². The number of ether oxygens (including phenoxy) is 2. The lowest BCUT2D eigenvalue weighted by Gasteiger charge is -2.35. The zero-order valence-corrected chi connectivity index (χ0v) is 18.7. The molecule has 2 amide bonds. The van der Waals surface area contributed by atoms with Gasteiger partial charge < -0.3 is 19.3 Å². The highest BCUT2D eigenvalue weighted by atomic mass is 16.5. The number of morpholine rings is 1. The van der Waals surface area contributed by atoms with Crippen molar-refractivity contribution in [1.29, 1.82) is 0 Å². The van der Waals surface area contributed by atoms with E-state index in [2.05, 4.69) is 11.0 Å². The molecule has 2 heterocycles. The van der Waals surface area contributed by atoms with Crippen LogP contribution in [0.1, 0.15) is 21.5 Å². The monoisotopic (exact) mass is 437 g/mol. The Hall–Kier alpha value is -2.90. The van der Waals surface area contributed by atoms with Crippen molar-refractivity contribution in [3.63, 3.8) is 0 Å². The van der Waals surface area contributed by atoms with Crippen LogP contribution in [0.25, 0.3) is 0 Å². The van der Waals surface area contributed by atoms with Crippen LogP contribution < -0.4 is 4.74 Å². The Bertz CT molecular complexity index is 934. The van der Waals surface area contributed by atoms with Gasteiger partial charge in [0.2, 0.25) is 5.91 Å². The van der Waals surface area contributed by atoms with Crippen molar-refractivity contribution >= 4 is 11.8 Å². The van der Waals surface area contributed by atoms with Crippen LogP contribution >= 0.6 is 0 Å². The normalized spacial score (nSPS) is 17.3. The first-order valence-electron chi connectivity index (χ1n) is 11.2. The highest BCUT2D eigenvalue weighted by Gasteiger charge is 2.25. The average molecular weight is 438 g/mol. The molecule has 0 spiro atoms. The van der Waals surface area contributed by atoms with E-state index in [1.807, 2.05) is 52.3 Å². The standard InChI is InChI=1S/C25H31N3O4/c1-31-23-7-3-4-20(17-23)18-24(29)27-8-10-28(11-9-27)25(30)22-6-2-5-21(16-22)19-26-12-14-32-15-13-26/h2-7,16-17H,8-15,18-19H2,1H3. The maximum Gasteiger partial charge on any atom is 0.253 e. The Morgan fingerprint density at radius 3 is 2.31 bits per heavy atom. The first kappa shape index (κ1) is 22.3. The molecular weight excluding hydrogens is 406 g/mol. The molecule has 0 unspecified atom stereocenters. The number of hydrogen-bond donors (Lipinski definition) is 0. The van der Waals surface area contributed by atoms with Crippen LogP contribution in [0.3, 0.4) is 0 Å². The minimum atomic E-state index is 0.0359. The SMILES string of the molecule is COc1cccc(CC(=O)N2CCN(C(=O)c3cccc(CN4CCOCC4)c3)CC2)c1. The molecule has 32 heavy (non-hydrogen) atoms. The number of methoxy groups -OCH3 is 1. The van der Waals surface area contributed by atoms with Crippen molar-refractivity contribution in [3.05, 3.63) is 65.2 Å². The van der Waals surface area contributed by atoms with Gasteiger partial charge >= 0.3 is 0 Å². The third-order valence-electron chi connectivity index (χ3n) is 6.09. The number of amides is 2. The molecule has 0 saturated carbocycles. The van der Waals surface area contributed by atoms with Crippen molar-refractivity contribution in [2.45, 2.75) is 13.0 Å². The summed E-state index contributed by atoms with van der Waals surface area (Å²) in [6.07, 6.45) is 0.342. The highest BCUT2D eigenvalue weighted by molar-refractivity contribution is 5.94. The minimum absolute atomic E-state index is 0.0359. The van der Waals surface area contributed by atoms with Gasteiger partial charge in [0.15, 0.2) is 0 Å². The van der Waals surface area contributed by atoms with E-state index in [1.165, 1.54) is 0 Å². The molecule has 0 N–H and O–H groups in total. The molecule has 2 aromatic carbocycles. The molecule has 0 aromatic heterocycles. The summed E-state index contributed by atoms with van der Waals surface area (Å²) in [7, 11) is 1.62. The van der Waals surface area contributed by atoms with Gasteiger partial charge in [-0.1, -0.05) is 24.3 Å². The fourth-order valence-corrected chi connectivity index (χ4v) is 4.23. The summed E-state index contributed by atoms with van der Waals surface area (Å²) in [6, 6.07) is 15.5. The van der Waals surface area contributed by atoms with Crippen molar-refractivity contribution in [2.75, 3.05) is 59.6 Å². The molecule has 2 aromatic rings. The summed E-state index contributed by atoms with van der Waals surface area (Å²) in [5.41, 5.74) is 2.79. The van der Waals surface area contributed by atoms with Crippen LogP contribution in [0.2, 0.25) is 0 Å². The van der Waals surface area contributed by atoms with E-state index in [0.717, 1.165) is 49.7 Å². The summed E-state index contributed by atoms with van der Waals surface area (Å²) in [5.74, 6) is 0.869. The predicted octanol–water partition coefficient (Wildman–Crippen LogP) is 2.05. The van der Waals surface area contributed by atoms with Gasteiger partial charge in [-0.3, -0.25) is 14.5 Å². The summed E-state index contributed by atoms with van der Waals surface area (Å²) in [5, 5.41) is 0. The average Bonchev–Trinajstić information content (AvgIpc) is 2.84. The number of carbonyl (C=O) groups is 2. The zero-order chi connectivity index (χ0) is 22.3. The fourth-order valence-electron chi connectivity index (χ4n) is 4.23. The lowest BCUT2D eigenvalue weighted by Crippen LogP contribution is -2.51. The van der Waals surface area contributed by atoms with E-state index in [0.29, 0.717) is 38.2 Å². The van der Waals surface area contributed by atoms with Gasteiger partial charge in [0, 0.05) is 51.4 Å². The molecule has 7 nitrogen and oxygen atoms in total. The summed E-state index contributed by atoms with van der Waals surface area (Å²) >= 11 is 0. The Balaban J connectivity index is 1.30.